The van der Waals surface area contributed by atoms with Crippen LogP contribution in [-0.4, -0.2) is 24.0 Å². The third kappa shape index (κ3) is 2.99. The summed E-state index contributed by atoms with van der Waals surface area (Å²) in [4.78, 5) is 28.5. The maximum absolute atomic E-state index is 13.3. The van der Waals surface area contributed by atoms with Gasteiger partial charge in [-0.25, -0.2) is 4.79 Å². The minimum absolute atomic E-state index is 0.120. The van der Waals surface area contributed by atoms with Crippen LogP contribution >= 0.6 is 0 Å². The zero-order valence-electron chi connectivity index (χ0n) is 14.8. The Labute approximate surface area is 155 Å². The van der Waals surface area contributed by atoms with Gasteiger partial charge in [-0.05, 0) is 47.6 Å². The van der Waals surface area contributed by atoms with Crippen molar-refractivity contribution in [2.75, 3.05) is 7.11 Å². The van der Waals surface area contributed by atoms with E-state index >= 15 is 0 Å². The van der Waals surface area contributed by atoms with E-state index in [9.17, 15) is 9.59 Å². The number of hydrogen-bond acceptors (Lipinski definition) is 5. The van der Waals surface area contributed by atoms with Gasteiger partial charge in [-0.3, -0.25) is 9.78 Å². The Morgan fingerprint density at radius 1 is 1.19 bits per heavy atom. The molecule has 0 saturated heterocycles. The van der Waals surface area contributed by atoms with Crippen molar-refractivity contribution in [2.45, 2.75) is 18.9 Å². The molecule has 1 aliphatic carbocycles. The molecule has 0 saturated carbocycles. The Morgan fingerprint density at radius 2 is 2.04 bits per heavy atom. The number of carbonyl (C=O) groups is 2. The van der Waals surface area contributed by atoms with Gasteiger partial charge in [-0.1, -0.05) is 18.2 Å². The molecule has 1 aromatic heterocycles. The second kappa shape index (κ2) is 6.72. The first-order valence-electron chi connectivity index (χ1n) is 8.63. The van der Waals surface area contributed by atoms with Gasteiger partial charge in [0.1, 0.15) is 11.9 Å². The van der Waals surface area contributed by atoms with Crippen LogP contribution in [0.1, 0.15) is 39.6 Å². The predicted molar refractivity (Wildman–Crippen MR) is 99.9 cm³/mol. The number of rotatable bonds is 4. The molecule has 6 heteroatoms. The minimum atomic E-state index is -0.809. The summed E-state index contributed by atoms with van der Waals surface area (Å²) in [6.07, 6.45) is 3.54. The van der Waals surface area contributed by atoms with E-state index in [2.05, 4.69) is 4.98 Å². The fourth-order valence-corrected chi connectivity index (χ4v) is 3.67. The van der Waals surface area contributed by atoms with E-state index in [0.29, 0.717) is 29.7 Å². The van der Waals surface area contributed by atoms with E-state index in [1.807, 2.05) is 24.3 Å². The topological polar surface area (TPSA) is 91.5 Å². The Morgan fingerprint density at radius 3 is 2.81 bits per heavy atom. The van der Waals surface area contributed by atoms with Crippen LogP contribution in [0.2, 0.25) is 0 Å². The van der Waals surface area contributed by atoms with Crippen molar-refractivity contribution in [3.63, 3.8) is 0 Å². The van der Waals surface area contributed by atoms with E-state index in [0.717, 1.165) is 21.9 Å². The van der Waals surface area contributed by atoms with Crippen molar-refractivity contribution in [3.05, 3.63) is 71.0 Å². The second-order valence-corrected chi connectivity index (χ2v) is 6.45. The summed E-state index contributed by atoms with van der Waals surface area (Å²) in [5, 5.41) is 1.74. The summed E-state index contributed by atoms with van der Waals surface area (Å²) in [7, 11) is 1.52. The molecule has 2 N–H and O–H groups in total. The van der Waals surface area contributed by atoms with Crippen LogP contribution in [0.4, 0.5) is 4.79 Å². The molecule has 0 fully saturated rings. The van der Waals surface area contributed by atoms with Crippen LogP contribution in [0.5, 0.6) is 5.75 Å². The molecule has 6 nitrogen and oxygen atoms in total. The van der Waals surface area contributed by atoms with E-state index in [-0.39, 0.29) is 5.78 Å². The largest absolute Gasteiger partial charge is 0.496 e. The maximum Gasteiger partial charge on any atom is 0.405 e. The van der Waals surface area contributed by atoms with Gasteiger partial charge in [-0.2, -0.15) is 0 Å². The number of methoxy groups -OCH3 is 1. The Kier molecular flexibility index (Phi) is 4.24. The van der Waals surface area contributed by atoms with Gasteiger partial charge in [-0.15, -0.1) is 0 Å². The molecule has 1 aliphatic rings. The number of aryl methyl sites for hydroxylation is 1. The molecular formula is C21H18N2O4. The van der Waals surface area contributed by atoms with Gasteiger partial charge in [0, 0.05) is 23.3 Å². The summed E-state index contributed by atoms with van der Waals surface area (Å²) >= 11 is 0. The lowest BCUT2D eigenvalue weighted by Gasteiger charge is -2.15. The standard InChI is InChI=1S/C21H18N2O4/c1-26-19-10-16-12(5-6-18(16)27-21(22)25)9-17(19)20(24)15-4-2-3-13-11-23-8-7-14(13)15/h2-4,7-11,18H,5-6H2,1H3,(H2,22,25). The first-order valence-corrected chi connectivity index (χ1v) is 8.63. The normalized spacial score (nSPS) is 15.4. The molecule has 1 atom stereocenters. The summed E-state index contributed by atoms with van der Waals surface area (Å²) in [6, 6.07) is 11.0. The molecular weight excluding hydrogens is 344 g/mol. The SMILES string of the molecule is COc1cc2c(cc1C(=O)c1cccc3cnccc13)CCC2OC(N)=O. The first-order chi connectivity index (χ1) is 13.1. The van der Waals surface area contributed by atoms with Crippen molar-refractivity contribution in [1.29, 1.82) is 0 Å². The number of carbonyl (C=O) groups excluding carboxylic acids is 2. The number of primary amides is 1. The van der Waals surface area contributed by atoms with Crippen molar-refractivity contribution in [1.82, 2.24) is 4.98 Å². The van der Waals surface area contributed by atoms with Crippen LogP contribution in [0, 0.1) is 0 Å². The van der Waals surface area contributed by atoms with Crippen molar-refractivity contribution in [3.8, 4) is 5.75 Å². The van der Waals surface area contributed by atoms with Gasteiger partial charge >= 0.3 is 6.09 Å². The molecule has 1 heterocycles. The predicted octanol–water partition coefficient (Wildman–Crippen LogP) is 3.56. The van der Waals surface area contributed by atoms with E-state index < -0.39 is 12.2 Å². The maximum atomic E-state index is 13.3. The number of ketones is 1. The number of pyridine rings is 1. The number of fused-ring (bicyclic) bond motifs is 2. The molecule has 27 heavy (non-hydrogen) atoms. The van der Waals surface area contributed by atoms with Crippen molar-refractivity contribution >= 4 is 22.6 Å². The first kappa shape index (κ1) is 17.0. The van der Waals surface area contributed by atoms with Gasteiger partial charge in [0.05, 0.1) is 12.7 Å². The average molecular weight is 362 g/mol. The molecule has 3 aromatic rings. The average Bonchev–Trinajstić information content (AvgIpc) is 3.07. The van der Waals surface area contributed by atoms with E-state index in [1.54, 1.807) is 24.5 Å². The molecule has 0 spiro atoms. The van der Waals surface area contributed by atoms with Gasteiger partial charge in [0.15, 0.2) is 5.78 Å². The fourth-order valence-electron chi connectivity index (χ4n) is 3.67. The molecule has 4 rings (SSSR count). The molecule has 2 aromatic carbocycles. The second-order valence-electron chi connectivity index (χ2n) is 6.45. The third-order valence-corrected chi connectivity index (χ3v) is 4.91. The molecule has 0 bridgehead atoms. The lowest BCUT2D eigenvalue weighted by molar-refractivity contribution is 0.103. The molecule has 0 aliphatic heterocycles. The van der Waals surface area contributed by atoms with Crippen molar-refractivity contribution < 1.29 is 19.1 Å². The zero-order chi connectivity index (χ0) is 19.0. The molecule has 1 amide bonds. The van der Waals surface area contributed by atoms with Gasteiger partial charge in [0.25, 0.3) is 0 Å². The lowest BCUT2D eigenvalue weighted by atomic mass is 9.95. The number of benzene rings is 2. The summed E-state index contributed by atoms with van der Waals surface area (Å²) in [5.74, 6) is 0.329. The number of ether oxygens (including phenoxy) is 2. The number of nitrogens with two attached hydrogens (primary N) is 1. The van der Waals surface area contributed by atoms with Crippen LogP contribution in [0.15, 0.2) is 48.8 Å². The number of aromatic nitrogens is 1. The highest BCUT2D eigenvalue weighted by Crippen LogP contribution is 2.39. The fraction of sp³-hybridized carbons (Fsp3) is 0.190. The quantitative estimate of drug-likeness (QED) is 0.717. The Bertz CT molecular complexity index is 1060. The van der Waals surface area contributed by atoms with Gasteiger partial charge < -0.3 is 15.2 Å². The number of hydrogen-bond donors (Lipinski definition) is 1. The summed E-state index contributed by atoms with van der Waals surface area (Å²) in [6.45, 7) is 0. The Hall–Kier alpha value is -3.41. The molecule has 0 radical (unpaired) electrons. The van der Waals surface area contributed by atoms with Crippen molar-refractivity contribution in [2.24, 2.45) is 5.73 Å². The highest BCUT2D eigenvalue weighted by atomic mass is 16.6. The minimum Gasteiger partial charge on any atom is -0.496 e. The highest BCUT2D eigenvalue weighted by Gasteiger charge is 2.29. The van der Waals surface area contributed by atoms with Crippen LogP contribution in [0.25, 0.3) is 10.8 Å². The lowest BCUT2D eigenvalue weighted by Crippen LogP contribution is -2.16. The summed E-state index contributed by atoms with van der Waals surface area (Å²) in [5.41, 5.74) is 8.04. The van der Waals surface area contributed by atoms with Gasteiger partial charge in [0.2, 0.25) is 0 Å². The summed E-state index contributed by atoms with van der Waals surface area (Å²) < 4.78 is 10.6. The van der Waals surface area contributed by atoms with E-state index in [4.69, 9.17) is 15.2 Å². The Balaban J connectivity index is 1.80. The monoisotopic (exact) mass is 362 g/mol. The molecule has 136 valence electrons. The van der Waals surface area contributed by atoms with Crippen LogP contribution < -0.4 is 10.5 Å². The smallest absolute Gasteiger partial charge is 0.405 e. The zero-order valence-corrected chi connectivity index (χ0v) is 14.8. The van der Waals surface area contributed by atoms with E-state index in [1.165, 1.54) is 7.11 Å². The number of amides is 1. The third-order valence-electron chi connectivity index (χ3n) is 4.91. The van der Waals surface area contributed by atoms with Crippen LogP contribution in [0.3, 0.4) is 0 Å². The highest BCUT2D eigenvalue weighted by molar-refractivity contribution is 6.17. The molecule has 1 unspecified atom stereocenters. The van der Waals surface area contributed by atoms with Crippen LogP contribution in [-0.2, 0) is 11.2 Å². The number of nitrogens with zero attached hydrogens (tertiary/aromatic N) is 1.